The molecule has 6 nitrogen and oxygen atoms in total. The average Bonchev–Trinajstić information content (AvgIpc) is 2.77. The van der Waals surface area contributed by atoms with Gasteiger partial charge in [-0.15, -0.1) is 0 Å². The molecule has 0 radical (unpaired) electrons. The summed E-state index contributed by atoms with van der Waals surface area (Å²) < 4.78 is 14.4. The maximum absolute atomic E-state index is 11.1. The molecule has 0 atom stereocenters. The van der Waals surface area contributed by atoms with Crippen molar-refractivity contribution in [3.05, 3.63) is 23.7 Å². The van der Waals surface area contributed by atoms with Crippen LogP contribution < -0.4 is 5.32 Å². The lowest BCUT2D eigenvalue weighted by atomic mass is 10.3. The number of esters is 2. The van der Waals surface area contributed by atoms with E-state index in [1.54, 1.807) is 13.0 Å². The van der Waals surface area contributed by atoms with E-state index in [0.717, 1.165) is 0 Å². The van der Waals surface area contributed by atoms with E-state index in [1.807, 2.05) is 0 Å². The van der Waals surface area contributed by atoms with Crippen LogP contribution in [0.4, 0.5) is 0 Å². The van der Waals surface area contributed by atoms with Crippen molar-refractivity contribution in [3.63, 3.8) is 0 Å². The summed E-state index contributed by atoms with van der Waals surface area (Å²) in [5.41, 5.74) is 0.348. The van der Waals surface area contributed by atoms with Gasteiger partial charge < -0.3 is 13.9 Å². The highest BCUT2D eigenvalue weighted by Crippen LogP contribution is 2.08. The second-order valence-corrected chi connectivity index (χ2v) is 3.20. The van der Waals surface area contributed by atoms with Gasteiger partial charge in [-0.05, 0) is 13.0 Å². The number of rotatable bonds is 6. The topological polar surface area (TPSA) is 77.8 Å². The second-order valence-electron chi connectivity index (χ2n) is 3.20. The predicted octanol–water partition coefficient (Wildman–Crippen LogP) is 0.719. The van der Waals surface area contributed by atoms with Gasteiger partial charge >= 0.3 is 11.9 Å². The zero-order valence-corrected chi connectivity index (χ0v) is 9.82. The summed E-state index contributed by atoms with van der Waals surface area (Å²) in [6, 6.07) is 1.56. The molecule has 0 amide bonds. The minimum Gasteiger partial charge on any atom is -0.467 e. The summed E-state index contributed by atoms with van der Waals surface area (Å²) in [7, 11) is 1.30. The van der Waals surface area contributed by atoms with E-state index in [2.05, 4.69) is 10.1 Å². The van der Waals surface area contributed by atoms with Crippen LogP contribution in [0.1, 0.15) is 23.0 Å². The Hall–Kier alpha value is -1.82. The standard InChI is InChI=1S/C11H15NO5/c1-3-16-10(13)6-12-5-9-4-8(7-17-9)11(14)15-2/h4,7,12H,3,5-6H2,1-2H3. The van der Waals surface area contributed by atoms with E-state index in [-0.39, 0.29) is 12.5 Å². The van der Waals surface area contributed by atoms with Crippen LogP contribution in [-0.4, -0.2) is 32.2 Å². The lowest BCUT2D eigenvalue weighted by Gasteiger charge is -2.02. The SMILES string of the molecule is CCOC(=O)CNCc1cc(C(=O)OC)co1. The Bertz CT molecular complexity index is 385. The van der Waals surface area contributed by atoms with E-state index in [0.29, 0.717) is 24.5 Å². The highest BCUT2D eigenvalue weighted by atomic mass is 16.5. The van der Waals surface area contributed by atoms with Gasteiger partial charge in [-0.3, -0.25) is 10.1 Å². The molecular formula is C11H15NO5. The van der Waals surface area contributed by atoms with E-state index in [1.165, 1.54) is 13.4 Å². The van der Waals surface area contributed by atoms with Crippen molar-refractivity contribution < 1.29 is 23.5 Å². The molecular weight excluding hydrogens is 226 g/mol. The molecule has 0 aromatic carbocycles. The third-order valence-corrected chi connectivity index (χ3v) is 1.95. The molecule has 0 aliphatic rings. The molecule has 0 spiro atoms. The molecule has 1 rings (SSSR count). The van der Waals surface area contributed by atoms with Crippen molar-refractivity contribution in [2.45, 2.75) is 13.5 Å². The number of nitrogens with one attached hydrogen (secondary N) is 1. The van der Waals surface area contributed by atoms with Gasteiger partial charge in [0.05, 0.1) is 32.4 Å². The zero-order chi connectivity index (χ0) is 12.7. The molecule has 0 saturated heterocycles. The molecule has 0 bridgehead atoms. The molecule has 94 valence electrons. The summed E-state index contributed by atoms with van der Waals surface area (Å²) in [6.07, 6.45) is 1.31. The fourth-order valence-corrected chi connectivity index (χ4v) is 1.20. The first-order chi connectivity index (χ1) is 8.17. The van der Waals surface area contributed by atoms with E-state index < -0.39 is 5.97 Å². The molecule has 0 saturated carbocycles. The van der Waals surface area contributed by atoms with Crippen LogP contribution in [0.2, 0.25) is 0 Å². The number of ether oxygens (including phenoxy) is 2. The highest BCUT2D eigenvalue weighted by molar-refractivity contribution is 5.88. The van der Waals surface area contributed by atoms with Crippen molar-refractivity contribution in [3.8, 4) is 0 Å². The van der Waals surface area contributed by atoms with Crippen LogP contribution in [0, 0.1) is 0 Å². The molecule has 0 aliphatic carbocycles. The van der Waals surface area contributed by atoms with Gasteiger partial charge in [0.2, 0.25) is 0 Å². The molecule has 1 heterocycles. The Morgan fingerprint density at radius 1 is 1.47 bits per heavy atom. The molecule has 17 heavy (non-hydrogen) atoms. The number of hydrogen-bond acceptors (Lipinski definition) is 6. The van der Waals surface area contributed by atoms with Crippen LogP contribution in [0.15, 0.2) is 16.7 Å². The first kappa shape index (κ1) is 13.2. The van der Waals surface area contributed by atoms with Crippen LogP contribution in [0.5, 0.6) is 0 Å². The maximum atomic E-state index is 11.1. The third kappa shape index (κ3) is 4.28. The highest BCUT2D eigenvalue weighted by Gasteiger charge is 2.10. The lowest BCUT2D eigenvalue weighted by molar-refractivity contribution is -0.142. The van der Waals surface area contributed by atoms with Crippen LogP contribution >= 0.6 is 0 Å². The molecule has 1 aromatic rings. The van der Waals surface area contributed by atoms with Crippen molar-refractivity contribution in [2.75, 3.05) is 20.3 Å². The fourth-order valence-electron chi connectivity index (χ4n) is 1.20. The van der Waals surface area contributed by atoms with Gasteiger partial charge in [-0.25, -0.2) is 4.79 Å². The first-order valence-corrected chi connectivity index (χ1v) is 5.19. The minimum atomic E-state index is -0.453. The summed E-state index contributed by atoms with van der Waals surface area (Å²) in [6.45, 7) is 2.54. The quantitative estimate of drug-likeness (QED) is 0.739. The Morgan fingerprint density at radius 2 is 2.24 bits per heavy atom. The average molecular weight is 241 g/mol. The van der Waals surface area contributed by atoms with Crippen molar-refractivity contribution in [1.82, 2.24) is 5.32 Å². The summed E-state index contributed by atoms with van der Waals surface area (Å²) in [4.78, 5) is 22.1. The van der Waals surface area contributed by atoms with Gasteiger partial charge in [-0.1, -0.05) is 0 Å². The summed E-state index contributed by atoms with van der Waals surface area (Å²) >= 11 is 0. The minimum absolute atomic E-state index is 0.0993. The Balaban J connectivity index is 2.35. The Kier molecular flexibility index (Phi) is 5.22. The normalized spacial score (nSPS) is 10.0. The van der Waals surface area contributed by atoms with Crippen LogP contribution in [0.25, 0.3) is 0 Å². The molecule has 0 aliphatic heterocycles. The number of methoxy groups -OCH3 is 1. The molecule has 0 unspecified atom stereocenters. The van der Waals surface area contributed by atoms with Crippen LogP contribution in [0.3, 0.4) is 0 Å². The number of hydrogen-bond donors (Lipinski definition) is 1. The van der Waals surface area contributed by atoms with Crippen LogP contribution in [-0.2, 0) is 20.8 Å². The van der Waals surface area contributed by atoms with Crippen molar-refractivity contribution in [2.24, 2.45) is 0 Å². The summed E-state index contributed by atoms with van der Waals surface area (Å²) in [5.74, 6) is -0.229. The van der Waals surface area contributed by atoms with E-state index in [4.69, 9.17) is 9.15 Å². The smallest absolute Gasteiger partial charge is 0.341 e. The fraction of sp³-hybridized carbons (Fsp3) is 0.455. The maximum Gasteiger partial charge on any atom is 0.341 e. The Morgan fingerprint density at radius 3 is 2.88 bits per heavy atom. The largest absolute Gasteiger partial charge is 0.467 e. The third-order valence-electron chi connectivity index (χ3n) is 1.95. The predicted molar refractivity (Wildman–Crippen MR) is 58.4 cm³/mol. The molecule has 1 N–H and O–H groups in total. The molecule has 1 aromatic heterocycles. The molecule has 0 fully saturated rings. The van der Waals surface area contributed by atoms with E-state index in [9.17, 15) is 9.59 Å². The number of carbonyl (C=O) groups is 2. The number of furan rings is 1. The first-order valence-electron chi connectivity index (χ1n) is 5.19. The second kappa shape index (κ2) is 6.70. The van der Waals surface area contributed by atoms with Gasteiger partial charge in [0, 0.05) is 0 Å². The number of carbonyl (C=O) groups excluding carboxylic acids is 2. The van der Waals surface area contributed by atoms with E-state index >= 15 is 0 Å². The molecule has 6 heteroatoms. The van der Waals surface area contributed by atoms with Gasteiger partial charge in [0.1, 0.15) is 12.0 Å². The van der Waals surface area contributed by atoms with Crippen molar-refractivity contribution in [1.29, 1.82) is 0 Å². The summed E-state index contributed by atoms with van der Waals surface area (Å²) in [5, 5.41) is 2.84. The zero-order valence-electron chi connectivity index (χ0n) is 9.82. The monoisotopic (exact) mass is 241 g/mol. The van der Waals surface area contributed by atoms with Gasteiger partial charge in [0.15, 0.2) is 0 Å². The van der Waals surface area contributed by atoms with Gasteiger partial charge in [-0.2, -0.15) is 0 Å². The Labute approximate surface area is 98.9 Å². The lowest BCUT2D eigenvalue weighted by Crippen LogP contribution is -2.24. The van der Waals surface area contributed by atoms with Crippen molar-refractivity contribution >= 4 is 11.9 Å². The van der Waals surface area contributed by atoms with Gasteiger partial charge in [0.25, 0.3) is 0 Å².